The Balaban J connectivity index is 2.82. The van der Waals surface area contributed by atoms with Crippen molar-refractivity contribution >= 4 is 12.3 Å². The third kappa shape index (κ3) is 3.61. The average Bonchev–Trinajstić information content (AvgIpc) is 2.56. The van der Waals surface area contributed by atoms with E-state index >= 15 is 0 Å². The Kier molecular flexibility index (Phi) is 4.95. The lowest BCUT2D eigenvalue weighted by molar-refractivity contribution is 0.171. The van der Waals surface area contributed by atoms with Crippen LogP contribution in [0.4, 0.5) is 4.79 Å². The van der Waals surface area contributed by atoms with Crippen LogP contribution in [0.25, 0.3) is 0 Å². The third-order valence-electron chi connectivity index (χ3n) is 2.71. The van der Waals surface area contributed by atoms with Gasteiger partial charge in [0.15, 0.2) is 0 Å². The molecule has 1 amide bonds. The Bertz CT molecular complexity index is 447. The van der Waals surface area contributed by atoms with Crippen LogP contribution in [0, 0.1) is 19.8 Å². The minimum Gasteiger partial charge on any atom is -0.452 e. The van der Waals surface area contributed by atoms with Crippen LogP contribution >= 0.6 is 0 Å². The lowest BCUT2D eigenvalue weighted by atomic mass is 10.2. The summed E-state index contributed by atoms with van der Waals surface area (Å²) in [6, 6.07) is 2.06. The van der Waals surface area contributed by atoms with E-state index in [9.17, 15) is 4.79 Å². The zero-order valence-corrected chi connectivity index (χ0v) is 11.7. The van der Waals surface area contributed by atoms with Crippen LogP contribution in [0.1, 0.15) is 30.8 Å². The highest BCUT2D eigenvalue weighted by Crippen LogP contribution is 2.15. The van der Waals surface area contributed by atoms with E-state index in [0.29, 0.717) is 5.92 Å². The molecule has 0 aromatic carbocycles. The Morgan fingerprint density at radius 1 is 1.56 bits per heavy atom. The molecule has 0 unspecified atom stereocenters. The largest absolute Gasteiger partial charge is 0.452 e. The fourth-order valence-electron chi connectivity index (χ4n) is 1.80. The van der Waals surface area contributed by atoms with Gasteiger partial charge in [0.2, 0.25) is 0 Å². The zero-order valence-electron chi connectivity index (χ0n) is 11.7. The van der Waals surface area contributed by atoms with Crippen molar-refractivity contribution in [2.75, 3.05) is 7.11 Å². The summed E-state index contributed by atoms with van der Waals surface area (Å²) >= 11 is 0. The van der Waals surface area contributed by atoms with Crippen LogP contribution in [0.15, 0.2) is 11.2 Å². The van der Waals surface area contributed by atoms with Crippen molar-refractivity contribution in [3.05, 3.63) is 23.0 Å². The van der Waals surface area contributed by atoms with Crippen molar-refractivity contribution < 1.29 is 9.53 Å². The summed E-state index contributed by atoms with van der Waals surface area (Å²) < 4.78 is 6.69. The molecule has 1 aromatic rings. The fourth-order valence-corrected chi connectivity index (χ4v) is 1.80. The van der Waals surface area contributed by atoms with Gasteiger partial charge in [-0.1, -0.05) is 13.8 Å². The number of rotatable bonds is 4. The molecule has 0 bridgehead atoms. The number of methoxy groups -OCH3 is 1. The van der Waals surface area contributed by atoms with Crippen LogP contribution in [-0.4, -0.2) is 24.0 Å². The summed E-state index contributed by atoms with van der Waals surface area (Å²) in [5.41, 5.74) is 5.63. The van der Waals surface area contributed by atoms with E-state index in [-0.39, 0.29) is 0 Å². The Morgan fingerprint density at radius 3 is 2.78 bits per heavy atom. The normalized spacial score (nSPS) is 11.2. The molecule has 0 saturated heterocycles. The van der Waals surface area contributed by atoms with Gasteiger partial charge in [0, 0.05) is 23.5 Å². The summed E-state index contributed by atoms with van der Waals surface area (Å²) in [6.45, 7) is 9.47. The van der Waals surface area contributed by atoms with Crippen molar-refractivity contribution in [1.82, 2.24) is 9.99 Å². The summed E-state index contributed by atoms with van der Waals surface area (Å²) in [5.74, 6) is 0.591. The lowest BCUT2D eigenvalue weighted by Gasteiger charge is -2.11. The SMILES string of the molecule is COC(=O)N/N=C/c1cc(C)n(CC(C)C)c1C. The standard InChI is InChI=1S/C13H21N3O2/c1-9(2)8-16-10(3)6-12(11(16)4)7-14-15-13(17)18-5/h6-7,9H,8H2,1-5H3,(H,15,17)/b14-7+. The average molecular weight is 251 g/mol. The van der Waals surface area contributed by atoms with Gasteiger partial charge in [-0.05, 0) is 25.8 Å². The Labute approximate surface area is 108 Å². The van der Waals surface area contributed by atoms with Crippen molar-refractivity contribution in [2.24, 2.45) is 11.0 Å². The molecule has 100 valence electrons. The highest BCUT2D eigenvalue weighted by atomic mass is 16.5. The Morgan fingerprint density at radius 2 is 2.22 bits per heavy atom. The number of hydrogen-bond donors (Lipinski definition) is 1. The number of ether oxygens (including phenoxy) is 1. The first-order valence-corrected chi connectivity index (χ1v) is 5.99. The minimum atomic E-state index is -0.567. The quantitative estimate of drug-likeness (QED) is 0.660. The van der Waals surface area contributed by atoms with Gasteiger partial charge in [-0.15, -0.1) is 0 Å². The maximum absolute atomic E-state index is 10.9. The topological polar surface area (TPSA) is 55.6 Å². The van der Waals surface area contributed by atoms with E-state index in [2.05, 4.69) is 53.6 Å². The molecule has 5 nitrogen and oxygen atoms in total. The molecule has 0 saturated carbocycles. The van der Waals surface area contributed by atoms with E-state index in [0.717, 1.165) is 17.8 Å². The second-order valence-corrected chi connectivity index (χ2v) is 4.69. The number of hydrazone groups is 1. The molecule has 1 aromatic heterocycles. The highest BCUT2D eigenvalue weighted by Gasteiger charge is 2.08. The number of amides is 1. The van der Waals surface area contributed by atoms with Crippen LogP contribution in [0.3, 0.4) is 0 Å². The molecule has 18 heavy (non-hydrogen) atoms. The first-order chi connectivity index (χ1) is 8.45. The maximum Gasteiger partial charge on any atom is 0.427 e. The second kappa shape index (κ2) is 6.23. The number of carbonyl (C=O) groups excluding carboxylic acids is 1. The first-order valence-electron chi connectivity index (χ1n) is 5.99. The minimum absolute atomic E-state index is 0.567. The van der Waals surface area contributed by atoms with Crippen molar-refractivity contribution in [3.63, 3.8) is 0 Å². The van der Waals surface area contributed by atoms with Crippen molar-refractivity contribution in [3.8, 4) is 0 Å². The summed E-state index contributed by atoms with van der Waals surface area (Å²) in [4.78, 5) is 10.9. The third-order valence-corrected chi connectivity index (χ3v) is 2.71. The zero-order chi connectivity index (χ0) is 13.7. The molecule has 0 aliphatic rings. The molecule has 0 atom stereocenters. The highest BCUT2D eigenvalue weighted by molar-refractivity contribution is 5.82. The van der Waals surface area contributed by atoms with Crippen LogP contribution in [0.5, 0.6) is 0 Å². The van der Waals surface area contributed by atoms with Gasteiger partial charge < -0.3 is 9.30 Å². The number of nitrogens with zero attached hydrogens (tertiary/aromatic N) is 2. The number of carbonyl (C=O) groups is 1. The first kappa shape index (κ1) is 14.3. The molecule has 5 heteroatoms. The van der Waals surface area contributed by atoms with Crippen LogP contribution < -0.4 is 5.43 Å². The summed E-state index contributed by atoms with van der Waals surface area (Å²) in [7, 11) is 1.30. The fraction of sp³-hybridized carbons (Fsp3) is 0.538. The molecule has 0 spiro atoms. The van der Waals surface area contributed by atoms with Crippen LogP contribution in [0.2, 0.25) is 0 Å². The van der Waals surface area contributed by atoms with E-state index in [4.69, 9.17) is 0 Å². The van der Waals surface area contributed by atoms with E-state index in [1.54, 1.807) is 6.21 Å². The number of hydrogen-bond acceptors (Lipinski definition) is 3. The predicted molar refractivity (Wildman–Crippen MR) is 71.9 cm³/mol. The number of nitrogens with one attached hydrogen (secondary N) is 1. The van der Waals surface area contributed by atoms with Crippen molar-refractivity contribution in [2.45, 2.75) is 34.2 Å². The van der Waals surface area contributed by atoms with Gasteiger partial charge in [0.05, 0.1) is 13.3 Å². The van der Waals surface area contributed by atoms with Crippen molar-refractivity contribution in [1.29, 1.82) is 0 Å². The molecule has 0 aliphatic carbocycles. The smallest absolute Gasteiger partial charge is 0.427 e. The van der Waals surface area contributed by atoms with Gasteiger partial charge in [-0.25, -0.2) is 10.2 Å². The van der Waals surface area contributed by atoms with Crippen LogP contribution in [-0.2, 0) is 11.3 Å². The predicted octanol–water partition coefficient (Wildman–Crippen LogP) is 2.45. The van der Waals surface area contributed by atoms with Gasteiger partial charge in [0.1, 0.15) is 0 Å². The van der Waals surface area contributed by atoms with E-state index < -0.39 is 6.09 Å². The molecular formula is C13H21N3O2. The summed E-state index contributed by atoms with van der Waals surface area (Å²) in [5, 5.41) is 3.84. The number of aromatic nitrogens is 1. The van der Waals surface area contributed by atoms with Gasteiger partial charge in [0.25, 0.3) is 0 Å². The molecule has 0 fully saturated rings. The molecule has 1 heterocycles. The lowest BCUT2D eigenvalue weighted by Crippen LogP contribution is -2.16. The van der Waals surface area contributed by atoms with Gasteiger partial charge >= 0.3 is 6.09 Å². The molecule has 1 rings (SSSR count). The van der Waals surface area contributed by atoms with Gasteiger partial charge in [-0.3, -0.25) is 0 Å². The number of aryl methyl sites for hydroxylation is 1. The Hall–Kier alpha value is -1.78. The second-order valence-electron chi connectivity index (χ2n) is 4.69. The van der Waals surface area contributed by atoms with E-state index in [1.165, 1.54) is 12.8 Å². The molecule has 0 radical (unpaired) electrons. The molecule has 0 aliphatic heterocycles. The van der Waals surface area contributed by atoms with Gasteiger partial charge in [-0.2, -0.15) is 5.10 Å². The monoisotopic (exact) mass is 251 g/mol. The molecular weight excluding hydrogens is 230 g/mol. The maximum atomic E-state index is 10.9. The molecule has 1 N–H and O–H groups in total. The summed E-state index contributed by atoms with van der Waals surface area (Å²) in [6.07, 6.45) is 1.07. The van der Waals surface area contributed by atoms with E-state index in [1.807, 2.05) is 0 Å².